The van der Waals surface area contributed by atoms with E-state index in [1.807, 2.05) is 0 Å². The molecule has 0 saturated carbocycles. The number of halogens is 1. The molecule has 5 nitrogen and oxygen atoms in total. The van der Waals surface area contributed by atoms with Crippen molar-refractivity contribution in [2.24, 2.45) is 4.99 Å². The summed E-state index contributed by atoms with van der Waals surface area (Å²) in [5, 5.41) is 10.6. The number of hydrogen-bond acceptors (Lipinski definition) is 5. The van der Waals surface area contributed by atoms with E-state index >= 15 is 0 Å². The average Bonchev–Trinajstić information content (AvgIpc) is 2.80. The Morgan fingerprint density at radius 3 is 2.84 bits per heavy atom. The molecule has 96 valence electrons. The maximum atomic E-state index is 13.3. The van der Waals surface area contributed by atoms with E-state index in [0.29, 0.717) is 10.6 Å². The lowest BCUT2D eigenvalue weighted by Crippen LogP contribution is -2.23. The Kier molecular flexibility index (Phi) is 2.51. The second-order valence-electron chi connectivity index (χ2n) is 3.84. The molecule has 0 saturated heterocycles. The fourth-order valence-electron chi connectivity index (χ4n) is 1.85. The summed E-state index contributed by atoms with van der Waals surface area (Å²) in [7, 11) is 0. The zero-order chi connectivity index (χ0) is 13.7. The van der Waals surface area contributed by atoms with Crippen molar-refractivity contribution in [1.82, 2.24) is 4.68 Å². The van der Waals surface area contributed by atoms with Crippen LogP contribution < -0.4 is 16.4 Å². The normalized spacial score (nSPS) is 13.5. The monoisotopic (exact) mass is 295 g/mol. The molecule has 0 unspecified atom stereocenters. The third kappa shape index (κ3) is 1.68. The number of nitrogens with zero attached hydrogens (tertiary/aromatic N) is 2. The number of nitrogen functional groups attached to an aromatic ring is 1. The summed E-state index contributed by atoms with van der Waals surface area (Å²) in [6, 6.07) is 3.82. The van der Waals surface area contributed by atoms with Crippen molar-refractivity contribution in [2.75, 3.05) is 5.84 Å². The molecular formula is C11H6FN3O2S2. The first kappa shape index (κ1) is 12.0. The third-order valence-electron chi connectivity index (χ3n) is 2.71. The highest BCUT2D eigenvalue weighted by molar-refractivity contribution is 7.73. The highest BCUT2D eigenvalue weighted by Crippen LogP contribution is 2.30. The van der Waals surface area contributed by atoms with Crippen molar-refractivity contribution in [1.29, 1.82) is 0 Å². The number of fused-ring (bicyclic) bond motifs is 1. The zero-order valence-corrected chi connectivity index (χ0v) is 10.9. The molecule has 1 amide bonds. The van der Waals surface area contributed by atoms with Gasteiger partial charge in [0, 0.05) is 5.22 Å². The van der Waals surface area contributed by atoms with Gasteiger partial charge in [0.15, 0.2) is 3.95 Å². The molecule has 1 aromatic heterocycles. The summed E-state index contributed by atoms with van der Waals surface area (Å²) < 4.78 is 14.4. The Hall–Kier alpha value is -2.06. The molecule has 1 aromatic carbocycles. The van der Waals surface area contributed by atoms with Crippen LogP contribution in [0.15, 0.2) is 23.2 Å². The Balaban J connectivity index is 2.45. The fraction of sp³-hybridized carbons (Fsp3) is 0. The van der Waals surface area contributed by atoms with Gasteiger partial charge in [-0.25, -0.2) is 14.1 Å². The van der Waals surface area contributed by atoms with Crippen LogP contribution in [0.25, 0.3) is 5.57 Å². The number of benzene rings is 1. The number of carbonyl (C=O) groups excluding carboxylic acids is 1. The zero-order valence-electron chi connectivity index (χ0n) is 9.25. The number of carbonyl (C=O) groups is 1. The Morgan fingerprint density at radius 2 is 2.21 bits per heavy atom. The minimum absolute atomic E-state index is 0.118. The van der Waals surface area contributed by atoms with Gasteiger partial charge in [-0.1, -0.05) is 11.3 Å². The van der Waals surface area contributed by atoms with Crippen LogP contribution in [0.2, 0.25) is 0 Å². The minimum atomic E-state index is -0.548. The molecule has 0 bridgehead atoms. The highest BCUT2D eigenvalue weighted by atomic mass is 32.1. The van der Waals surface area contributed by atoms with Gasteiger partial charge in [-0.05, 0) is 30.4 Å². The van der Waals surface area contributed by atoms with E-state index in [4.69, 9.17) is 18.1 Å². The van der Waals surface area contributed by atoms with Gasteiger partial charge in [-0.3, -0.25) is 4.79 Å². The van der Waals surface area contributed by atoms with Gasteiger partial charge < -0.3 is 10.9 Å². The Bertz CT molecular complexity index is 898. The summed E-state index contributed by atoms with van der Waals surface area (Å²) in [6.45, 7) is 0. The first-order chi connectivity index (χ1) is 8.99. The number of aromatic hydroxyl groups is 1. The first-order valence-corrected chi connectivity index (χ1v) is 6.34. The second kappa shape index (κ2) is 3.97. The van der Waals surface area contributed by atoms with Crippen LogP contribution in [0.5, 0.6) is 5.88 Å². The number of amides is 1. The fourth-order valence-corrected chi connectivity index (χ4v) is 3.03. The topological polar surface area (TPSA) is 80.6 Å². The van der Waals surface area contributed by atoms with Crippen LogP contribution in [-0.4, -0.2) is 15.7 Å². The molecule has 0 atom stereocenters. The molecule has 0 aliphatic carbocycles. The minimum Gasteiger partial charge on any atom is -0.492 e. The Morgan fingerprint density at radius 1 is 1.47 bits per heavy atom. The number of rotatable bonds is 1. The van der Waals surface area contributed by atoms with Gasteiger partial charge in [0.05, 0.1) is 10.9 Å². The SMILES string of the molecule is Nn1c(O)c(C2=c3cc(F)ccc3=NC2=O)sc1=S. The molecule has 3 rings (SSSR count). The number of aromatic nitrogens is 1. The predicted octanol–water partition coefficient (Wildman–Crippen LogP) is 0.196. The molecule has 2 aromatic rings. The number of thiazole rings is 1. The van der Waals surface area contributed by atoms with Crippen LogP contribution in [-0.2, 0) is 4.79 Å². The van der Waals surface area contributed by atoms with Crippen LogP contribution in [0.4, 0.5) is 4.39 Å². The summed E-state index contributed by atoms with van der Waals surface area (Å²) >= 11 is 5.90. The molecule has 0 radical (unpaired) electrons. The van der Waals surface area contributed by atoms with Gasteiger partial charge >= 0.3 is 0 Å². The maximum absolute atomic E-state index is 13.3. The van der Waals surface area contributed by atoms with E-state index in [1.165, 1.54) is 18.2 Å². The van der Waals surface area contributed by atoms with E-state index in [9.17, 15) is 14.3 Å². The van der Waals surface area contributed by atoms with Crippen LogP contribution >= 0.6 is 23.6 Å². The van der Waals surface area contributed by atoms with Gasteiger partial charge in [-0.2, -0.15) is 0 Å². The van der Waals surface area contributed by atoms with Gasteiger partial charge in [0.25, 0.3) is 5.91 Å². The van der Waals surface area contributed by atoms with Crippen molar-refractivity contribution in [2.45, 2.75) is 0 Å². The van der Waals surface area contributed by atoms with E-state index < -0.39 is 11.7 Å². The van der Waals surface area contributed by atoms with Crippen molar-refractivity contribution >= 4 is 35.0 Å². The number of nitrogens with two attached hydrogens (primary N) is 1. The molecule has 2 heterocycles. The van der Waals surface area contributed by atoms with E-state index in [-0.39, 0.29) is 20.3 Å². The molecule has 1 aliphatic heterocycles. The molecule has 3 N–H and O–H groups in total. The Labute approximate surface area is 114 Å². The van der Waals surface area contributed by atoms with Crippen molar-refractivity contribution in [3.8, 4) is 5.88 Å². The lowest BCUT2D eigenvalue weighted by Gasteiger charge is -1.98. The van der Waals surface area contributed by atoms with E-state index in [1.54, 1.807) is 0 Å². The van der Waals surface area contributed by atoms with Crippen LogP contribution in [0.1, 0.15) is 4.88 Å². The molecule has 8 heteroatoms. The quantitative estimate of drug-likeness (QED) is 0.581. The molecule has 1 aliphatic rings. The summed E-state index contributed by atoms with van der Waals surface area (Å²) in [4.78, 5) is 15.9. The van der Waals surface area contributed by atoms with Gasteiger partial charge in [-0.15, -0.1) is 0 Å². The highest BCUT2D eigenvalue weighted by Gasteiger charge is 2.24. The smallest absolute Gasteiger partial charge is 0.279 e. The summed E-state index contributed by atoms with van der Waals surface area (Å²) in [5.74, 6) is 4.14. The second-order valence-corrected chi connectivity index (χ2v) is 5.49. The summed E-state index contributed by atoms with van der Waals surface area (Å²) in [5.41, 5.74) is 0.118. The molecule has 19 heavy (non-hydrogen) atoms. The third-order valence-corrected chi connectivity index (χ3v) is 4.12. The van der Waals surface area contributed by atoms with Crippen LogP contribution in [0, 0.1) is 9.77 Å². The largest absolute Gasteiger partial charge is 0.492 e. The van der Waals surface area contributed by atoms with Crippen molar-refractivity contribution < 1.29 is 14.3 Å². The average molecular weight is 295 g/mol. The molecular weight excluding hydrogens is 289 g/mol. The number of hydrogen-bond donors (Lipinski definition) is 2. The first-order valence-electron chi connectivity index (χ1n) is 5.12. The lowest BCUT2D eigenvalue weighted by atomic mass is 10.1. The van der Waals surface area contributed by atoms with Crippen molar-refractivity contribution in [3.63, 3.8) is 0 Å². The molecule has 0 spiro atoms. The van der Waals surface area contributed by atoms with E-state index in [2.05, 4.69) is 4.99 Å². The van der Waals surface area contributed by atoms with Crippen molar-refractivity contribution in [3.05, 3.63) is 43.4 Å². The standard InChI is InChI=1S/C11H6FN3O2S2/c12-4-1-2-6-5(3-4)7(9(16)14-6)8-10(17)15(13)11(18)19-8/h1-3,17H,13H2. The van der Waals surface area contributed by atoms with E-state index in [0.717, 1.165) is 16.0 Å². The van der Waals surface area contributed by atoms with Crippen LogP contribution in [0.3, 0.4) is 0 Å². The molecule has 0 fully saturated rings. The lowest BCUT2D eigenvalue weighted by molar-refractivity contribution is -0.112. The van der Waals surface area contributed by atoms with Gasteiger partial charge in [0.1, 0.15) is 10.7 Å². The van der Waals surface area contributed by atoms with Gasteiger partial charge in [0.2, 0.25) is 5.88 Å². The maximum Gasteiger partial charge on any atom is 0.279 e. The predicted molar refractivity (Wildman–Crippen MR) is 69.7 cm³/mol. The summed E-state index contributed by atoms with van der Waals surface area (Å²) in [6.07, 6.45) is 0.